The minimum atomic E-state index is 0.116. The van der Waals surface area contributed by atoms with E-state index in [2.05, 4.69) is 33.1 Å². The molecule has 1 aromatic carbocycles. The summed E-state index contributed by atoms with van der Waals surface area (Å²) >= 11 is 8.52. The third-order valence-corrected chi connectivity index (χ3v) is 4.28. The van der Waals surface area contributed by atoms with Gasteiger partial charge in [-0.1, -0.05) is 69.4 Å². The third kappa shape index (κ3) is 7.08. The van der Waals surface area contributed by atoms with Crippen molar-refractivity contribution in [2.45, 2.75) is 45.4 Å². The summed E-state index contributed by atoms with van der Waals surface area (Å²) < 4.78 is 11.8. The van der Waals surface area contributed by atoms with E-state index >= 15 is 0 Å². The Morgan fingerprint density at radius 2 is 1.76 bits per heavy atom. The minimum absolute atomic E-state index is 0.116. The van der Waals surface area contributed by atoms with Crippen molar-refractivity contribution >= 4 is 33.4 Å². The van der Waals surface area contributed by atoms with Crippen LogP contribution in [0.2, 0.25) is 0 Å². The first-order chi connectivity index (χ1) is 12.2. The summed E-state index contributed by atoms with van der Waals surface area (Å²) in [6.07, 6.45) is 7.22. The summed E-state index contributed by atoms with van der Waals surface area (Å²) in [6, 6.07) is 11.5. The van der Waals surface area contributed by atoms with Crippen molar-refractivity contribution < 1.29 is 9.47 Å². The highest BCUT2D eigenvalue weighted by Crippen LogP contribution is 2.29. The zero-order chi connectivity index (χ0) is 17.9. The topological polar surface area (TPSA) is 44.2 Å². The molecule has 0 aliphatic carbocycles. The van der Waals surface area contributed by atoms with Gasteiger partial charge in [0.2, 0.25) is 0 Å². The van der Waals surface area contributed by atoms with Crippen molar-refractivity contribution in [1.29, 1.82) is 0 Å². The second-order valence-electron chi connectivity index (χ2n) is 5.71. The van der Waals surface area contributed by atoms with Crippen LogP contribution in [0, 0.1) is 0 Å². The van der Waals surface area contributed by atoms with E-state index in [1.54, 1.807) is 6.07 Å². The molecule has 2 aromatic rings. The number of thiocarbonyl (C=S) groups is 1. The SMILES string of the molecule is CCCCCCCCOC(=S)Oc1cc(Br)nnc1-c1ccccc1. The van der Waals surface area contributed by atoms with Crippen molar-refractivity contribution in [3.63, 3.8) is 0 Å². The maximum Gasteiger partial charge on any atom is 0.357 e. The summed E-state index contributed by atoms with van der Waals surface area (Å²) in [5.74, 6) is 0.529. The van der Waals surface area contributed by atoms with Gasteiger partial charge in [0, 0.05) is 23.8 Å². The number of benzene rings is 1. The normalized spacial score (nSPS) is 10.5. The first-order valence-electron chi connectivity index (χ1n) is 8.64. The number of aromatic nitrogens is 2. The van der Waals surface area contributed by atoms with Crippen LogP contribution in [0.4, 0.5) is 0 Å². The number of unbranched alkanes of at least 4 members (excludes halogenated alkanes) is 5. The van der Waals surface area contributed by atoms with E-state index in [4.69, 9.17) is 21.7 Å². The lowest BCUT2D eigenvalue weighted by molar-refractivity contribution is 0.240. The molecule has 4 nitrogen and oxygen atoms in total. The molecule has 2 rings (SSSR count). The zero-order valence-electron chi connectivity index (χ0n) is 14.4. The second kappa shape index (κ2) is 11.2. The maximum absolute atomic E-state index is 5.70. The number of hydrogen-bond donors (Lipinski definition) is 0. The van der Waals surface area contributed by atoms with Crippen LogP contribution in [0.5, 0.6) is 5.75 Å². The van der Waals surface area contributed by atoms with Crippen molar-refractivity contribution in [1.82, 2.24) is 10.2 Å². The number of nitrogens with zero attached hydrogens (tertiary/aromatic N) is 2. The molecule has 0 aliphatic heterocycles. The summed E-state index contributed by atoms with van der Waals surface area (Å²) in [7, 11) is 0. The number of rotatable bonds is 9. The van der Waals surface area contributed by atoms with Crippen LogP contribution in [0.3, 0.4) is 0 Å². The van der Waals surface area contributed by atoms with Crippen LogP contribution in [-0.4, -0.2) is 22.0 Å². The fourth-order valence-corrected chi connectivity index (χ4v) is 2.84. The van der Waals surface area contributed by atoms with Gasteiger partial charge in [0.1, 0.15) is 10.3 Å². The first kappa shape index (κ1) is 19.8. The Labute approximate surface area is 163 Å². The second-order valence-corrected chi connectivity index (χ2v) is 6.86. The van der Waals surface area contributed by atoms with E-state index in [9.17, 15) is 0 Å². The molecule has 1 heterocycles. The molecule has 6 heteroatoms. The van der Waals surface area contributed by atoms with Gasteiger partial charge in [-0.05, 0) is 22.4 Å². The fourth-order valence-electron chi connectivity index (χ4n) is 2.38. The number of halogens is 1. The van der Waals surface area contributed by atoms with Crippen molar-refractivity contribution in [2.75, 3.05) is 6.61 Å². The van der Waals surface area contributed by atoms with Crippen molar-refractivity contribution in [3.05, 3.63) is 41.0 Å². The molecule has 1 aromatic heterocycles. The lowest BCUT2D eigenvalue weighted by atomic mass is 10.1. The average Bonchev–Trinajstić information content (AvgIpc) is 2.62. The first-order valence-corrected chi connectivity index (χ1v) is 9.84. The summed E-state index contributed by atoms with van der Waals surface area (Å²) in [6.45, 7) is 2.79. The third-order valence-electron chi connectivity index (χ3n) is 3.69. The van der Waals surface area contributed by atoms with Gasteiger partial charge in [-0.15, -0.1) is 10.2 Å². The minimum Gasteiger partial charge on any atom is -0.457 e. The van der Waals surface area contributed by atoms with Crippen LogP contribution in [0.15, 0.2) is 41.0 Å². The molecule has 0 radical (unpaired) electrons. The van der Waals surface area contributed by atoms with E-state index < -0.39 is 0 Å². The average molecular weight is 423 g/mol. The van der Waals surface area contributed by atoms with Gasteiger partial charge in [0.05, 0.1) is 6.61 Å². The summed E-state index contributed by atoms with van der Waals surface area (Å²) in [4.78, 5) is 0. The molecule has 0 saturated carbocycles. The lowest BCUT2D eigenvalue weighted by Gasteiger charge is -2.11. The Bertz CT molecular complexity index is 668. The molecule has 0 fully saturated rings. The van der Waals surface area contributed by atoms with Crippen LogP contribution in [-0.2, 0) is 4.74 Å². The van der Waals surface area contributed by atoms with E-state index in [0.29, 0.717) is 22.7 Å². The summed E-state index contributed by atoms with van der Waals surface area (Å²) in [5, 5.41) is 8.36. The Morgan fingerprint density at radius 3 is 2.52 bits per heavy atom. The van der Waals surface area contributed by atoms with E-state index in [1.165, 1.54) is 25.7 Å². The molecule has 0 atom stereocenters. The maximum atomic E-state index is 5.70. The predicted molar refractivity (Wildman–Crippen MR) is 108 cm³/mol. The molecule has 0 amide bonds. The molecular weight excluding hydrogens is 400 g/mol. The highest BCUT2D eigenvalue weighted by atomic mass is 79.9. The van der Waals surface area contributed by atoms with E-state index in [0.717, 1.165) is 18.4 Å². The van der Waals surface area contributed by atoms with Crippen LogP contribution in [0.1, 0.15) is 45.4 Å². The molecule has 0 unspecified atom stereocenters. The Hall–Kier alpha value is -1.53. The number of hydrogen-bond acceptors (Lipinski definition) is 5. The van der Waals surface area contributed by atoms with E-state index in [-0.39, 0.29) is 5.24 Å². The lowest BCUT2D eigenvalue weighted by Crippen LogP contribution is -2.12. The molecule has 0 spiro atoms. The molecule has 0 N–H and O–H groups in total. The van der Waals surface area contributed by atoms with Gasteiger partial charge < -0.3 is 9.47 Å². The quantitative estimate of drug-likeness (QED) is 0.369. The predicted octanol–water partition coefficient (Wildman–Crippen LogP) is 5.95. The molecule has 25 heavy (non-hydrogen) atoms. The Kier molecular flexibility index (Phi) is 8.83. The van der Waals surface area contributed by atoms with Gasteiger partial charge >= 0.3 is 5.24 Å². The van der Waals surface area contributed by atoms with Crippen molar-refractivity contribution in [2.24, 2.45) is 0 Å². The van der Waals surface area contributed by atoms with Crippen LogP contribution < -0.4 is 4.74 Å². The summed E-state index contributed by atoms with van der Waals surface area (Å²) in [5.41, 5.74) is 1.55. The van der Waals surface area contributed by atoms with Crippen LogP contribution >= 0.6 is 28.1 Å². The Morgan fingerprint density at radius 1 is 1.04 bits per heavy atom. The standard InChI is InChI=1S/C19H23BrN2O2S/c1-2-3-4-5-6-10-13-23-19(25)24-16-14-17(20)21-22-18(16)15-11-8-7-9-12-15/h7-9,11-12,14H,2-6,10,13H2,1H3. The van der Waals surface area contributed by atoms with Gasteiger partial charge in [-0.3, -0.25) is 0 Å². The van der Waals surface area contributed by atoms with E-state index in [1.807, 2.05) is 30.3 Å². The monoisotopic (exact) mass is 422 g/mol. The highest BCUT2D eigenvalue weighted by Gasteiger charge is 2.13. The molecule has 0 saturated heterocycles. The largest absolute Gasteiger partial charge is 0.457 e. The zero-order valence-corrected chi connectivity index (χ0v) is 16.8. The Balaban J connectivity index is 1.87. The molecule has 0 aliphatic rings. The van der Waals surface area contributed by atoms with Crippen molar-refractivity contribution in [3.8, 4) is 17.0 Å². The molecular formula is C19H23BrN2O2S. The van der Waals surface area contributed by atoms with Crippen LogP contribution in [0.25, 0.3) is 11.3 Å². The smallest absolute Gasteiger partial charge is 0.357 e. The van der Waals surface area contributed by atoms with Gasteiger partial charge in [0.25, 0.3) is 0 Å². The van der Waals surface area contributed by atoms with Gasteiger partial charge in [-0.25, -0.2) is 0 Å². The highest BCUT2D eigenvalue weighted by molar-refractivity contribution is 9.10. The number of ether oxygens (including phenoxy) is 2. The van der Waals surface area contributed by atoms with Gasteiger partial charge in [0.15, 0.2) is 5.75 Å². The fraction of sp³-hybridized carbons (Fsp3) is 0.421. The molecule has 0 bridgehead atoms. The molecule has 134 valence electrons. The van der Waals surface area contributed by atoms with Gasteiger partial charge in [-0.2, -0.15) is 0 Å².